The number of hydrogen-bond donors (Lipinski definition) is 2. The molecule has 0 heterocycles. The zero-order valence-electron chi connectivity index (χ0n) is 11.4. The first kappa shape index (κ1) is 14.3. The summed E-state index contributed by atoms with van der Waals surface area (Å²) in [5, 5.41) is 12.3. The molecule has 2 fully saturated rings. The second-order valence-corrected chi connectivity index (χ2v) is 5.74. The summed E-state index contributed by atoms with van der Waals surface area (Å²) in [4.78, 5) is 23.2. The molecule has 0 spiro atoms. The van der Waals surface area contributed by atoms with Gasteiger partial charge in [0, 0.05) is 26.2 Å². The van der Waals surface area contributed by atoms with E-state index in [1.54, 1.807) is 7.11 Å². The SMILES string of the molecule is COCCCCC(=O)N[C@@H]1[C@H]2CC[C@@H](C2)[C@@H]1C(=O)O. The molecule has 2 bridgehead atoms. The van der Waals surface area contributed by atoms with Gasteiger partial charge in [0.15, 0.2) is 0 Å². The Kier molecular flexibility index (Phi) is 4.80. The average molecular weight is 269 g/mol. The van der Waals surface area contributed by atoms with Gasteiger partial charge in [-0.25, -0.2) is 0 Å². The number of carboxylic acid groups (broad SMARTS) is 1. The third-order valence-electron chi connectivity index (χ3n) is 4.53. The Morgan fingerprint density at radius 3 is 2.68 bits per heavy atom. The highest BCUT2D eigenvalue weighted by atomic mass is 16.5. The van der Waals surface area contributed by atoms with E-state index >= 15 is 0 Å². The lowest BCUT2D eigenvalue weighted by molar-refractivity contribution is -0.144. The van der Waals surface area contributed by atoms with Crippen LogP contribution >= 0.6 is 0 Å². The number of carbonyl (C=O) groups excluding carboxylic acids is 1. The minimum atomic E-state index is -0.753. The zero-order chi connectivity index (χ0) is 13.8. The van der Waals surface area contributed by atoms with E-state index < -0.39 is 5.97 Å². The number of fused-ring (bicyclic) bond motifs is 2. The fourth-order valence-corrected chi connectivity index (χ4v) is 3.64. The first-order valence-corrected chi connectivity index (χ1v) is 7.14. The Morgan fingerprint density at radius 2 is 2.00 bits per heavy atom. The highest BCUT2D eigenvalue weighted by molar-refractivity contribution is 5.78. The van der Waals surface area contributed by atoms with Crippen molar-refractivity contribution in [2.24, 2.45) is 17.8 Å². The normalized spacial score (nSPS) is 32.5. The predicted octanol–water partition coefficient (Wildman–Crippen LogP) is 1.42. The Morgan fingerprint density at radius 1 is 1.26 bits per heavy atom. The molecular formula is C14H23NO4. The third-order valence-corrected chi connectivity index (χ3v) is 4.53. The molecule has 0 saturated heterocycles. The lowest BCUT2D eigenvalue weighted by atomic mass is 9.84. The van der Waals surface area contributed by atoms with E-state index in [4.69, 9.17) is 4.74 Å². The zero-order valence-corrected chi connectivity index (χ0v) is 11.4. The molecule has 0 aromatic rings. The maximum absolute atomic E-state index is 11.9. The molecule has 2 rings (SSSR count). The number of carboxylic acids is 1. The van der Waals surface area contributed by atoms with Crippen LogP contribution in [0.1, 0.15) is 38.5 Å². The van der Waals surface area contributed by atoms with E-state index in [1.165, 1.54) is 0 Å². The predicted molar refractivity (Wildman–Crippen MR) is 69.6 cm³/mol. The van der Waals surface area contributed by atoms with Gasteiger partial charge in [-0.1, -0.05) is 0 Å². The molecule has 0 aromatic carbocycles. The van der Waals surface area contributed by atoms with Crippen LogP contribution in [0, 0.1) is 17.8 Å². The minimum absolute atomic E-state index is 0.0140. The van der Waals surface area contributed by atoms with Crippen molar-refractivity contribution in [3.8, 4) is 0 Å². The average Bonchev–Trinajstić information content (AvgIpc) is 2.95. The van der Waals surface area contributed by atoms with Gasteiger partial charge in [-0.15, -0.1) is 0 Å². The second kappa shape index (κ2) is 6.37. The van der Waals surface area contributed by atoms with E-state index in [9.17, 15) is 14.7 Å². The molecule has 5 nitrogen and oxygen atoms in total. The standard InChI is InChI=1S/C14H23NO4/c1-19-7-3-2-4-11(16)15-13-10-6-5-9(8-10)12(13)14(17)18/h9-10,12-13H,2-8H2,1H3,(H,15,16)(H,17,18)/t9-,10-,12-,13+/m0/s1. The highest BCUT2D eigenvalue weighted by Crippen LogP contribution is 2.48. The van der Waals surface area contributed by atoms with Gasteiger partial charge in [0.1, 0.15) is 0 Å². The van der Waals surface area contributed by atoms with Crippen molar-refractivity contribution in [2.45, 2.75) is 44.6 Å². The van der Waals surface area contributed by atoms with Crippen molar-refractivity contribution in [3.05, 3.63) is 0 Å². The van der Waals surface area contributed by atoms with Gasteiger partial charge in [-0.3, -0.25) is 9.59 Å². The van der Waals surface area contributed by atoms with E-state index in [1.807, 2.05) is 0 Å². The van der Waals surface area contributed by atoms with Gasteiger partial charge in [0.25, 0.3) is 0 Å². The lowest BCUT2D eigenvalue weighted by Gasteiger charge is -2.28. The molecule has 5 heteroatoms. The molecule has 2 saturated carbocycles. The molecule has 2 aliphatic rings. The number of hydrogen-bond acceptors (Lipinski definition) is 3. The molecule has 2 N–H and O–H groups in total. The van der Waals surface area contributed by atoms with Crippen LogP contribution in [0.25, 0.3) is 0 Å². The van der Waals surface area contributed by atoms with Gasteiger partial charge in [0.2, 0.25) is 5.91 Å². The summed E-state index contributed by atoms with van der Waals surface area (Å²) >= 11 is 0. The molecule has 4 atom stereocenters. The molecule has 0 unspecified atom stereocenters. The van der Waals surface area contributed by atoms with Gasteiger partial charge < -0.3 is 15.2 Å². The molecule has 1 amide bonds. The number of methoxy groups -OCH3 is 1. The van der Waals surface area contributed by atoms with Crippen molar-refractivity contribution in [2.75, 3.05) is 13.7 Å². The third kappa shape index (κ3) is 3.26. The van der Waals surface area contributed by atoms with Crippen LogP contribution in [-0.2, 0) is 14.3 Å². The van der Waals surface area contributed by atoms with Crippen molar-refractivity contribution in [1.29, 1.82) is 0 Å². The Hall–Kier alpha value is -1.10. The highest BCUT2D eigenvalue weighted by Gasteiger charge is 2.51. The van der Waals surface area contributed by atoms with Gasteiger partial charge in [0.05, 0.1) is 5.92 Å². The van der Waals surface area contributed by atoms with E-state index in [-0.39, 0.29) is 23.8 Å². The number of aliphatic carboxylic acids is 1. The van der Waals surface area contributed by atoms with Gasteiger partial charge in [-0.2, -0.15) is 0 Å². The topological polar surface area (TPSA) is 75.6 Å². The maximum Gasteiger partial charge on any atom is 0.308 e. The van der Waals surface area contributed by atoms with E-state index in [2.05, 4.69) is 5.32 Å². The molecule has 0 aliphatic heterocycles. The number of carbonyl (C=O) groups is 2. The molecule has 108 valence electrons. The summed E-state index contributed by atoms with van der Waals surface area (Å²) in [7, 11) is 1.65. The number of ether oxygens (including phenoxy) is 1. The Labute approximate surface area is 113 Å². The van der Waals surface area contributed by atoms with E-state index in [0.717, 1.165) is 32.1 Å². The van der Waals surface area contributed by atoms with Gasteiger partial charge >= 0.3 is 5.97 Å². The van der Waals surface area contributed by atoms with Gasteiger partial charge in [-0.05, 0) is 43.9 Å². The minimum Gasteiger partial charge on any atom is -0.481 e. The molecule has 0 radical (unpaired) electrons. The van der Waals surface area contributed by atoms with Crippen LogP contribution in [0.15, 0.2) is 0 Å². The van der Waals surface area contributed by atoms with Crippen LogP contribution in [0.5, 0.6) is 0 Å². The molecule has 0 aromatic heterocycles. The summed E-state index contributed by atoms with van der Waals surface area (Å²) in [6.07, 6.45) is 5.14. The fraction of sp³-hybridized carbons (Fsp3) is 0.857. The summed E-state index contributed by atoms with van der Waals surface area (Å²) in [6.45, 7) is 0.666. The van der Waals surface area contributed by atoms with Crippen molar-refractivity contribution in [1.82, 2.24) is 5.32 Å². The number of nitrogens with one attached hydrogen (secondary N) is 1. The first-order valence-electron chi connectivity index (χ1n) is 7.14. The monoisotopic (exact) mass is 269 g/mol. The number of rotatable bonds is 7. The molecular weight excluding hydrogens is 246 g/mol. The second-order valence-electron chi connectivity index (χ2n) is 5.74. The maximum atomic E-state index is 11.9. The smallest absolute Gasteiger partial charge is 0.308 e. The number of unbranched alkanes of at least 4 members (excludes halogenated alkanes) is 1. The molecule has 2 aliphatic carbocycles. The lowest BCUT2D eigenvalue weighted by Crippen LogP contribution is -2.46. The summed E-state index contributed by atoms with van der Waals surface area (Å²) < 4.78 is 4.94. The van der Waals surface area contributed by atoms with E-state index in [0.29, 0.717) is 18.9 Å². The van der Waals surface area contributed by atoms with Crippen LogP contribution in [0.3, 0.4) is 0 Å². The van der Waals surface area contributed by atoms with Crippen LogP contribution in [0.2, 0.25) is 0 Å². The summed E-state index contributed by atoms with van der Waals surface area (Å²) in [5.74, 6) is -0.506. The summed E-state index contributed by atoms with van der Waals surface area (Å²) in [5.41, 5.74) is 0. The first-order chi connectivity index (χ1) is 9.13. The quantitative estimate of drug-likeness (QED) is 0.685. The Balaban J connectivity index is 1.80. The van der Waals surface area contributed by atoms with Crippen molar-refractivity contribution in [3.63, 3.8) is 0 Å². The summed E-state index contributed by atoms with van der Waals surface area (Å²) in [6, 6.07) is -0.147. The van der Waals surface area contributed by atoms with Crippen LogP contribution in [-0.4, -0.2) is 36.7 Å². The van der Waals surface area contributed by atoms with Crippen molar-refractivity contribution >= 4 is 11.9 Å². The van der Waals surface area contributed by atoms with Crippen LogP contribution in [0.4, 0.5) is 0 Å². The Bertz CT molecular complexity index is 344. The largest absolute Gasteiger partial charge is 0.481 e. The molecule has 19 heavy (non-hydrogen) atoms. The van der Waals surface area contributed by atoms with Crippen LogP contribution < -0.4 is 5.32 Å². The number of amides is 1. The fourth-order valence-electron chi connectivity index (χ4n) is 3.64. The van der Waals surface area contributed by atoms with Crippen molar-refractivity contribution < 1.29 is 19.4 Å².